The summed E-state index contributed by atoms with van der Waals surface area (Å²) in [5, 5.41) is 7.22. The second-order valence-electron chi connectivity index (χ2n) is 6.31. The minimum Gasteiger partial charge on any atom is -0.346 e. The van der Waals surface area contributed by atoms with Crippen LogP contribution in [0.4, 0.5) is 0 Å². The molecule has 5 nitrogen and oxygen atoms in total. The summed E-state index contributed by atoms with van der Waals surface area (Å²) in [6.07, 6.45) is 4.43. The second-order valence-corrected chi connectivity index (χ2v) is 6.31. The molecule has 1 amide bonds. The van der Waals surface area contributed by atoms with Crippen LogP contribution in [0, 0.1) is 5.92 Å². The van der Waals surface area contributed by atoms with Gasteiger partial charge in [0.2, 0.25) is 0 Å². The number of nitrogens with zero attached hydrogens (tertiary/aromatic N) is 2. The van der Waals surface area contributed by atoms with Crippen LogP contribution < -0.4 is 11.1 Å². The van der Waals surface area contributed by atoms with Gasteiger partial charge in [0, 0.05) is 30.0 Å². The molecule has 0 aliphatic carbocycles. The molecule has 0 fully saturated rings. The van der Waals surface area contributed by atoms with Crippen LogP contribution in [0.5, 0.6) is 0 Å². The molecule has 1 aromatic carbocycles. The van der Waals surface area contributed by atoms with E-state index in [0.717, 1.165) is 12.1 Å². The molecule has 0 aliphatic heterocycles. The summed E-state index contributed by atoms with van der Waals surface area (Å²) in [7, 11) is 0. The van der Waals surface area contributed by atoms with E-state index in [1.807, 2.05) is 31.3 Å². The first-order valence-electron chi connectivity index (χ1n) is 7.56. The van der Waals surface area contributed by atoms with Crippen molar-refractivity contribution in [2.75, 3.05) is 6.54 Å². The van der Waals surface area contributed by atoms with E-state index in [1.165, 1.54) is 0 Å². The molecule has 1 heterocycles. The Balaban J connectivity index is 0.00000264. The Bertz CT molecular complexity index is 610. The Kier molecular flexibility index (Phi) is 6.79. The molecule has 1 unspecified atom stereocenters. The van der Waals surface area contributed by atoms with Gasteiger partial charge in [-0.1, -0.05) is 13.8 Å². The fourth-order valence-electron chi connectivity index (χ4n) is 2.62. The molecule has 1 aromatic heterocycles. The van der Waals surface area contributed by atoms with Gasteiger partial charge in [-0.15, -0.1) is 12.4 Å². The lowest BCUT2D eigenvalue weighted by Gasteiger charge is -2.31. The maximum Gasteiger partial charge on any atom is 0.251 e. The lowest BCUT2D eigenvalue weighted by molar-refractivity contribution is 0.0898. The van der Waals surface area contributed by atoms with Gasteiger partial charge in [-0.05, 0) is 49.6 Å². The average Bonchev–Trinajstić information content (AvgIpc) is 3.00. The van der Waals surface area contributed by atoms with Crippen molar-refractivity contribution in [1.29, 1.82) is 0 Å². The van der Waals surface area contributed by atoms with Crippen molar-refractivity contribution in [1.82, 2.24) is 15.1 Å². The van der Waals surface area contributed by atoms with Crippen LogP contribution in [0.15, 0.2) is 42.7 Å². The molecule has 126 valence electrons. The zero-order valence-electron chi connectivity index (χ0n) is 13.8. The zero-order chi connectivity index (χ0) is 16.2. The van der Waals surface area contributed by atoms with Gasteiger partial charge in [0.25, 0.3) is 5.91 Å². The van der Waals surface area contributed by atoms with Gasteiger partial charge < -0.3 is 11.1 Å². The monoisotopic (exact) mass is 336 g/mol. The van der Waals surface area contributed by atoms with Crippen molar-refractivity contribution in [2.24, 2.45) is 11.7 Å². The van der Waals surface area contributed by atoms with E-state index < -0.39 is 0 Å². The first-order chi connectivity index (χ1) is 10.4. The molecular weight excluding hydrogens is 312 g/mol. The predicted molar refractivity (Wildman–Crippen MR) is 95.2 cm³/mol. The molecule has 1 atom stereocenters. The molecular formula is C17H25ClN4O. The number of rotatable bonds is 6. The van der Waals surface area contributed by atoms with Crippen LogP contribution >= 0.6 is 12.4 Å². The minimum absolute atomic E-state index is 0. The largest absolute Gasteiger partial charge is 0.346 e. The van der Waals surface area contributed by atoms with Crippen molar-refractivity contribution in [3.63, 3.8) is 0 Å². The summed E-state index contributed by atoms with van der Waals surface area (Å²) in [6, 6.07) is 9.23. The van der Waals surface area contributed by atoms with Gasteiger partial charge in [-0.25, -0.2) is 4.68 Å². The van der Waals surface area contributed by atoms with Gasteiger partial charge in [-0.2, -0.15) is 5.10 Å². The third kappa shape index (κ3) is 5.08. The standard InChI is InChI=1S/C17H24N4O.ClH/c1-13(2)11-17(3,12-18)20-16(22)14-5-7-15(8-6-14)21-10-4-9-19-21;/h4-10,13H,11-12,18H2,1-3H3,(H,20,22);1H. The summed E-state index contributed by atoms with van der Waals surface area (Å²) in [5.41, 5.74) is 7.01. The van der Waals surface area contributed by atoms with E-state index in [0.29, 0.717) is 18.0 Å². The number of aromatic nitrogens is 2. The van der Waals surface area contributed by atoms with Crippen LogP contribution in [0.1, 0.15) is 37.6 Å². The summed E-state index contributed by atoms with van der Waals surface area (Å²) >= 11 is 0. The molecule has 0 bridgehead atoms. The molecule has 0 saturated heterocycles. The van der Waals surface area contributed by atoms with Gasteiger partial charge in [-0.3, -0.25) is 4.79 Å². The Morgan fingerprint density at radius 3 is 2.48 bits per heavy atom. The lowest BCUT2D eigenvalue weighted by atomic mass is 9.90. The SMILES string of the molecule is CC(C)CC(C)(CN)NC(=O)c1ccc(-n2cccn2)cc1.Cl. The number of halogens is 1. The number of nitrogens with one attached hydrogen (secondary N) is 1. The van der Waals surface area contributed by atoms with Crippen molar-refractivity contribution in [3.05, 3.63) is 48.3 Å². The molecule has 3 N–H and O–H groups in total. The molecule has 23 heavy (non-hydrogen) atoms. The highest BCUT2D eigenvalue weighted by atomic mass is 35.5. The Morgan fingerprint density at radius 2 is 2.00 bits per heavy atom. The number of hydrogen-bond donors (Lipinski definition) is 2. The maximum absolute atomic E-state index is 12.4. The average molecular weight is 337 g/mol. The second kappa shape index (κ2) is 8.13. The van der Waals surface area contributed by atoms with Crippen molar-refractivity contribution in [3.8, 4) is 5.69 Å². The molecule has 2 rings (SSSR count). The Labute approximate surface area is 143 Å². The first kappa shape index (κ1) is 19.2. The van der Waals surface area contributed by atoms with Gasteiger partial charge in [0.15, 0.2) is 0 Å². The normalized spacial score (nSPS) is 13.3. The van der Waals surface area contributed by atoms with Crippen molar-refractivity contribution in [2.45, 2.75) is 32.7 Å². The van der Waals surface area contributed by atoms with E-state index in [4.69, 9.17) is 5.73 Å². The molecule has 0 radical (unpaired) electrons. The summed E-state index contributed by atoms with van der Waals surface area (Å²) in [6.45, 7) is 6.66. The summed E-state index contributed by atoms with van der Waals surface area (Å²) in [4.78, 5) is 12.4. The number of carbonyl (C=O) groups excluding carboxylic acids is 1. The lowest BCUT2D eigenvalue weighted by Crippen LogP contribution is -2.52. The van der Waals surface area contributed by atoms with Crippen LogP contribution in [-0.2, 0) is 0 Å². The topological polar surface area (TPSA) is 72.9 Å². The molecule has 0 saturated carbocycles. The van der Waals surface area contributed by atoms with E-state index in [-0.39, 0.29) is 23.9 Å². The van der Waals surface area contributed by atoms with Crippen LogP contribution in [0.3, 0.4) is 0 Å². The quantitative estimate of drug-likeness (QED) is 0.852. The van der Waals surface area contributed by atoms with E-state index in [2.05, 4.69) is 24.3 Å². The van der Waals surface area contributed by atoms with Gasteiger partial charge in [0.1, 0.15) is 0 Å². The first-order valence-corrected chi connectivity index (χ1v) is 7.56. The molecule has 0 spiro atoms. The maximum atomic E-state index is 12.4. The molecule has 0 aliphatic rings. The van der Waals surface area contributed by atoms with Gasteiger partial charge in [0.05, 0.1) is 5.69 Å². The van der Waals surface area contributed by atoms with Crippen LogP contribution in [-0.4, -0.2) is 27.8 Å². The number of nitrogens with two attached hydrogens (primary N) is 1. The smallest absolute Gasteiger partial charge is 0.251 e. The number of benzene rings is 1. The number of carbonyl (C=O) groups is 1. The highest BCUT2D eigenvalue weighted by Gasteiger charge is 2.26. The highest BCUT2D eigenvalue weighted by Crippen LogP contribution is 2.16. The number of amides is 1. The predicted octanol–water partition coefficient (Wildman–Crippen LogP) is 2.79. The van der Waals surface area contributed by atoms with E-state index in [1.54, 1.807) is 23.0 Å². The van der Waals surface area contributed by atoms with Crippen molar-refractivity contribution >= 4 is 18.3 Å². The van der Waals surface area contributed by atoms with E-state index >= 15 is 0 Å². The third-order valence-corrected chi connectivity index (χ3v) is 3.62. The fourth-order valence-corrected chi connectivity index (χ4v) is 2.62. The van der Waals surface area contributed by atoms with E-state index in [9.17, 15) is 4.79 Å². The van der Waals surface area contributed by atoms with Crippen LogP contribution in [0.2, 0.25) is 0 Å². The Hall–Kier alpha value is -1.85. The molecule has 2 aromatic rings. The van der Waals surface area contributed by atoms with Crippen LogP contribution in [0.25, 0.3) is 5.69 Å². The third-order valence-electron chi connectivity index (χ3n) is 3.62. The number of hydrogen-bond acceptors (Lipinski definition) is 3. The summed E-state index contributed by atoms with van der Waals surface area (Å²) < 4.78 is 1.75. The van der Waals surface area contributed by atoms with Crippen molar-refractivity contribution < 1.29 is 4.79 Å². The Morgan fingerprint density at radius 1 is 1.35 bits per heavy atom. The summed E-state index contributed by atoms with van der Waals surface area (Å²) in [5.74, 6) is 0.372. The fraction of sp³-hybridized carbons (Fsp3) is 0.412. The van der Waals surface area contributed by atoms with Gasteiger partial charge >= 0.3 is 0 Å². The highest BCUT2D eigenvalue weighted by molar-refractivity contribution is 5.94. The zero-order valence-corrected chi connectivity index (χ0v) is 14.6. The minimum atomic E-state index is -0.383. The molecule has 6 heteroatoms.